The Morgan fingerprint density at radius 1 is 1.22 bits per heavy atom. The summed E-state index contributed by atoms with van der Waals surface area (Å²) in [6, 6.07) is 12.3. The minimum absolute atomic E-state index is 0.00305. The van der Waals surface area contributed by atoms with Gasteiger partial charge in [-0.15, -0.1) is 11.3 Å². The summed E-state index contributed by atoms with van der Waals surface area (Å²) in [6.45, 7) is 2.84. The standard InChI is InChI=1S/C15H19NOS/c1-2-9-17-15-8-4-3-7-13(15)14(16)11-12-6-5-10-18-12/h3-8,10,14H,2,9,11,16H2,1H3. The quantitative estimate of drug-likeness (QED) is 0.859. The van der Waals surface area contributed by atoms with Gasteiger partial charge < -0.3 is 10.5 Å². The van der Waals surface area contributed by atoms with E-state index >= 15 is 0 Å². The van der Waals surface area contributed by atoms with E-state index in [0.717, 1.165) is 30.8 Å². The number of thiophene rings is 1. The second-order valence-electron chi connectivity index (χ2n) is 4.28. The Labute approximate surface area is 112 Å². The lowest BCUT2D eigenvalue weighted by Crippen LogP contribution is -2.14. The number of ether oxygens (including phenoxy) is 1. The first-order valence-corrected chi connectivity index (χ1v) is 7.19. The van der Waals surface area contributed by atoms with Crippen molar-refractivity contribution in [3.63, 3.8) is 0 Å². The van der Waals surface area contributed by atoms with Gasteiger partial charge in [0.25, 0.3) is 0 Å². The predicted octanol–water partition coefficient (Wildman–Crippen LogP) is 3.78. The second-order valence-corrected chi connectivity index (χ2v) is 5.31. The Bertz CT molecular complexity index is 467. The van der Waals surface area contributed by atoms with Crippen LogP contribution in [0.25, 0.3) is 0 Å². The molecule has 0 fully saturated rings. The van der Waals surface area contributed by atoms with E-state index in [4.69, 9.17) is 10.5 Å². The van der Waals surface area contributed by atoms with Gasteiger partial charge in [-0.1, -0.05) is 31.2 Å². The molecule has 0 aliphatic heterocycles. The molecule has 2 rings (SSSR count). The first kappa shape index (κ1) is 13.1. The number of rotatable bonds is 6. The van der Waals surface area contributed by atoms with Gasteiger partial charge in [0.1, 0.15) is 5.75 Å². The van der Waals surface area contributed by atoms with E-state index in [1.165, 1.54) is 4.88 Å². The third-order valence-corrected chi connectivity index (χ3v) is 3.68. The van der Waals surface area contributed by atoms with Crippen molar-refractivity contribution in [1.82, 2.24) is 0 Å². The van der Waals surface area contributed by atoms with Gasteiger partial charge in [0.2, 0.25) is 0 Å². The molecule has 0 saturated carbocycles. The van der Waals surface area contributed by atoms with Crippen LogP contribution in [0.15, 0.2) is 41.8 Å². The molecule has 0 bridgehead atoms. The molecule has 1 aromatic heterocycles. The summed E-state index contributed by atoms with van der Waals surface area (Å²) >= 11 is 1.75. The molecule has 2 nitrogen and oxygen atoms in total. The molecule has 3 heteroatoms. The highest BCUT2D eigenvalue weighted by atomic mass is 32.1. The number of benzene rings is 1. The van der Waals surface area contributed by atoms with Crippen molar-refractivity contribution in [1.29, 1.82) is 0 Å². The van der Waals surface area contributed by atoms with E-state index in [-0.39, 0.29) is 6.04 Å². The zero-order valence-electron chi connectivity index (χ0n) is 10.6. The average molecular weight is 261 g/mol. The molecule has 0 spiro atoms. The predicted molar refractivity (Wildman–Crippen MR) is 77.2 cm³/mol. The van der Waals surface area contributed by atoms with Gasteiger partial charge in [0.15, 0.2) is 0 Å². The van der Waals surface area contributed by atoms with Crippen molar-refractivity contribution in [2.45, 2.75) is 25.8 Å². The lowest BCUT2D eigenvalue weighted by Gasteiger charge is -2.16. The summed E-state index contributed by atoms with van der Waals surface area (Å²) in [5, 5.41) is 2.08. The second kappa shape index (κ2) is 6.57. The van der Waals surface area contributed by atoms with Gasteiger partial charge in [-0.2, -0.15) is 0 Å². The zero-order valence-corrected chi connectivity index (χ0v) is 11.5. The fraction of sp³-hybridized carbons (Fsp3) is 0.333. The summed E-state index contributed by atoms with van der Waals surface area (Å²) < 4.78 is 5.75. The minimum atomic E-state index is -0.00305. The molecule has 18 heavy (non-hydrogen) atoms. The Hall–Kier alpha value is -1.32. The Morgan fingerprint density at radius 2 is 2.06 bits per heavy atom. The van der Waals surface area contributed by atoms with Crippen molar-refractivity contribution in [2.24, 2.45) is 5.73 Å². The fourth-order valence-corrected chi connectivity index (χ4v) is 2.65. The smallest absolute Gasteiger partial charge is 0.124 e. The molecule has 2 aromatic rings. The van der Waals surface area contributed by atoms with E-state index in [0.29, 0.717) is 0 Å². The van der Waals surface area contributed by atoms with E-state index in [1.54, 1.807) is 11.3 Å². The van der Waals surface area contributed by atoms with Gasteiger partial charge in [-0.25, -0.2) is 0 Å². The van der Waals surface area contributed by atoms with Crippen molar-refractivity contribution in [3.8, 4) is 5.75 Å². The maximum atomic E-state index is 6.29. The maximum Gasteiger partial charge on any atom is 0.124 e. The third kappa shape index (κ3) is 3.34. The monoisotopic (exact) mass is 261 g/mol. The first-order valence-electron chi connectivity index (χ1n) is 6.31. The SMILES string of the molecule is CCCOc1ccccc1C(N)Cc1cccs1. The van der Waals surface area contributed by atoms with E-state index in [9.17, 15) is 0 Å². The van der Waals surface area contributed by atoms with Gasteiger partial charge >= 0.3 is 0 Å². The Balaban J connectivity index is 2.11. The lowest BCUT2D eigenvalue weighted by molar-refractivity contribution is 0.312. The first-order chi connectivity index (χ1) is 8.81. The maximum absolute atomic E-state index is 6.29. The summed E-state index contributed by atoms with van der Waals surface area (Å²) in [4.78, 5) is 1.31. The number of hydrogen-bond donors (Lipinski definition) is 1. The van der Waals surface area contributed by atoms with Crippen LogP contribution < -0.4 is 10.5 Å². The van der Waals surface area contributed by atoms with Crippen LogP contribution in [-0.2, 0) is 6.42 Å². The van der Waals surface area contributed by atoms with Gasteiger partial charge in [0, 0.05) is 22.9 Å². The van der Waals surface area contributed by atoms with E-state index in [2.05, 4.69) is 30.5 Å². The minimum Gasteiger partial charge on any atom is -0.493 e. The van der Waals surface area contributed by atoms with Crippen LogP contribution in [0.4, 0.5) is 0 Å². The van der Waals surface area contributed by atoms with Crippen LogP contribution in [0.1, 0.15) is 29.8 Å². The molecule has 0 amide bonds. The number of hydrogen-bond acceptors (Lipinski definition) is 3. The van der Waals surface area contributed by atoms with Gasteiger partial charge in [-0.05, 0) is 23.9 Å². The molecule has 0 aliphatic carbocycles. The molecule has 1 unspecified atom stereocenters. The largest absolute Gasteiger partial charge is 0.493 e. The van der Waals surface area contributed by atoms with Crippen LogP contribution in [0.3, 0.4) is 0 Å². The highest BCUT2D eigenvalue weighted by Gasteiger charge is 2.12. The summed E-state index contributed by atoms with van der Waals surface area (Å²) in [6.07, 6.45) is 1.87. The molecule has 0 radical (unpaired) electrons. The lowest BCUT2D eigenvalue weighted by atomic mass is 10.0. The number of nitrogens with two attached hydrogens (primary N) is 1. The van der Waals surface area contributed by atoms with Crippen LogP contribution in [-0.4, -0.2) is 6.61 Å². The molecule has 2 N–H and O–H groups in total. The molecule has 1 heterocycles. The van der Waals surface area contributed by atoms with E-state index in [1.807, 2.05) is 18.2 Å². The summed E-state index contributed by atoms with van der Waals surface area (Å²) in [5.74, 6) is 0.920. The molecule has 0 aliphatic rings. The third-order valence-electron chi connectivity index (χ3n) is 2.78. The normalized spacial score (nSPS) is 12.3. The summed E-state index contributed by atoms with van der Waals surface area (Å²) in [7, 11) is 0. The van der Waals surface area contributed by atoms with Crippen molar-refractivity contribution in [2.75, 3.05) is 6.61 Å². The molecule has 1 aromatic carbocycles. The van der Waals surface area contributed by atoms with Crippen LogP contribution in [0.5, 0.6) is 5.75 Å². The molecular formula is C15H19NOS. The van der Waals surface area contributed by atoms with Crippen molar-refractivity contribution in [3.05, 3.63) is 52.2 Å². The molecule has 1 atom stereocenters. The van der Waals surface area contributed by atoms with Crippen molar-refractivity contribution < 1.29 is 4.74 Å². The van der Waals surface area contributed by atoms with Crippen LogP contribution in [0.2, 0.25) is 0 Å². The number of para-hydroxylation sites is 1. The van der Waals surface area contributed by atoms with Gasteiger partial charge in [0.05, 0.1) is 6.61 Å². The highest BCUT2D eigenvalue weighted by Crippen LogP contribution is 2.27. The highest BCUT2D eigenvalue weighted by molar-refractivity contribution is 7.09. The molecule has 96 valence electrons. The van der Waals surface area contributed by atoms with Crippen LogP contribution in [0, 0.1) is 0 Å². The van der Waals surface area contributed by atoms with Crippen molar-refractivity contribution >= 4 is 11.3 Å². The molecule has 0 saturated heterocycles. The van der Waals surface area contributed by atoms with Gasteiger partial charge in [-0.3, -0.25) is 0 Å². The Morgan fingerprint density at radius 3 is 2.78 bits per heavy atom. The summed E-state index contributed by atoms with van der Waals surface area (Å²) in [5.41, 5.74) is 7.38. The molecular weight excluding hydrogens is 242 g/mol. The Kier molecular flexibility index (Phi) is 4.79. The fourth-order valence-electron chi connectivity index (χ4n) is 1.89. The zero-order chi connectivity index (χ0) is 12.8. The topological polar surface area (TPSA) is 35.2 Å². The van der Waals surface area contributed by atoms with E-state index < -0.39 is 0 Å². The average Bonchev–Trinajstić information content (AvgIpc) is 2.89. The van der Waals surface area contributed by atoms with Crippen LogP contribution >= 0.6 is 11.3 Å².